The number of hydrogen-bond donors (Lipinski definition) is 8. The van der Waals surface area contributed by atoms with Crippen molar-refractivity contribution in [1.29, 1.82) is 0 Å². The van der Waals surface area contributed by atoms with Crippen molar-refractivity contribution in [3.8, 4) is 0 Å². The number of nitrogens with two attached hydrogens (primary N) is 1. The van der Waals surface area contributed by atoms with Crippen molar-refractivity contribution in [2.24, 2.45) is 5.73 Å². The number of aliphatic hydroxyl groups is 4. The van der Waals surface area contributed by atoms with Crippen LogP contribution < -0.4 is 27.6 Å². The molecule has 48 heavy (non-hydrogen) atoms. The molecule has 0 bridgehead atoms. The van der Waals surface area contributed by atoms with Crippen molar-refractivity contribution in [1.82, 2.24) is 20.2 Å². The Morgan fingerprint density at radius 3 is 2.27 bits per heavy atom. The van der Waals surface area contributed by atoms with Gasteiger partial charge in [-0.05, 0) is 25.8 Å². The molecule has 4 heterocycles. The predicted molar refractivity (Wildman–Crippen MR) is 176 cm³/mol. The summed E-state index contributed by atoms with van der Waals surface area (Å²) in [4.78, 5) is 39.1. The van der Waals surface area contributed by atoms with E-state index in [0.717, 1.165) is 36.1 Å². The molecule has 3 aliphatic heterocycles. The van der Waals surface area contributed by atoms with Crippen LogP contribution >= 0.6 is 0 Å². The molecule has 4 rings (SSSR count). The lowest BCUT2D eigenvalue weighted by atomic mass is 9.90. The first-order chi connectivity index (χ1) is 23.1. The van der Waals surface area contributed by atoms with E-state index in [2.05, 4.69) is 22.5 Å². The Kier molecular flexibility index (Phi) is 15.5. The number of nitrogens with zero attached hydrogens (tertiary/aromatic N) is 1. The maximum atomic E-state index is 12.9. The molecule has 3 saturated heterocycles. The number of piperidine rings is 1. The fraction of sp³-hybridized carbons (Fsp3) is 0.848. The van der Waals surface area contributed by atoms with Gasteiger partial charge in [-0.3, -0.25) is 19.1 Å². The third kappa shape index (κ3) is 10.4. The zero-order valence-corrected chi connectivity index (χ0v) is 28.1. The number of aromatic nitrogens is 2. The first-order valence-corrected chi connectivity index (χ1v) is 17.9. The highest BCUT2D eigenvalue weighted by Gasteiger charge is 2.53. The van der Waals surface area contributed by atoms with Gasteiger partial charge in [0.15, 0.2) is 12.5 Å². The summed E-state index contributed by atoms with van der Waals surface area (Å²) in [6, 6.07) is 0.309. The molecular weight excluding hydrogens is 626 g/mol. The molecule has 0 aliphatic carbocycles. The number of H-pyrrole nitrogens is 1. The van der Waals surface area contributed by atoms with Gasteiger partial charge < -0.3 is 51.0 Å². The second-order valence-corrected chi connectivity index (χ2v) is 13.5. The molecule has 1 aromatic rings. The summed E-state index contributed by atoms with van der Waals surface area (Å²) in [6.07, 6.45) is 4.00. The Hall–Kier alpha value is -2.21. The number of carbonyl (C=O) groups excluding carboxylic acids is 1. The lowest BCUT2D eigenvalue weighted by molar-refractivity contribution is -0.228. The molecule has 3 fully saturated rings. The van der Waals surface area contributed by atoms with Gasteiger partial charge in [0.2, 0.25) is 5.91 Å². The molecule has 15 nitrogen and oxygen atoms in total. The maximum absolute atomic E-state index is 12.9. The number of amides is 1. The SMILES string of the molecule is CCCCCCCCCCCCCC(=O)N[C@@H]1CCN[C@@H]([C@H](O[C@@H]2O[C@H](CN)[C@@H](O)[C@H]2O)[C@H]2O[C@@H](n3ccc(=O)[nH]c3=O)[C@H](O)[C@@H]2O)C1. The molecule has 11 atom stereocenters. The van der Waals surface area contributed by atoms with Crippen molar-refractivity contribution in [2.75, 3.05) is 13.1 Å². The van der Waals surface area contributed by atoms with E-state index in [-0.39, 0.29) is 18.5 Å². The van der Waals surface area contributed by atoms with Crippen molar-refractivity contribution >= 4 is 5.91 Å². The van der Waals surface area contributed by atoms with Gasteiger partial charge in [-0.15, -0.1) is 0 Å². The van der Waals surface area contributed by atoms with E-state index >= 15 is 0 Å². The quantitative estimate of drug-likeness (QED) is 0.0893. The Labute approximate surface area is 281 Å². The Balaban J connectivity index is 1.34. The van der Waals surface area contributed by atoms with E-state index in [9.17, 15) is 34.8 Å². The van der Waals surface area contributed by atoms with Crippen LogP contribution in [0.4, 0.5) is 0 Å². The summed E-state index contributed by atoms with van der Waals surface area (Å²) in [5.41, 5.74) is 4.22. The molecule has 274 valence electrons. The number of nitrogens with one attached hydrogen (secondary N) is 3. The molecule has 0 aromatic carbocycles. The third-order valence-electron chi connectivity index (χ3n) is 9.77. The molecule has 0 unspecified atom stereocenters. The van der Waals surface area contributed by atoms with Gasteiger partial charge in [0.25, 0.3) is 5.56 Å². The van der Waals surface area contributed by atoms with Gasteiger partial charge in [-0.25, -0.2) is 4.79 Å². The number of aliphatic hydroxyl groups excluding tert-OH is 4. The Morgan fingerprint density at radius 2 is 1.65 bits per heavy atom. The van der Waals surface area contributed by atoms with Gasteiger partial charge >= 0.3 is 5.69 Å². The average Bonchev–Trinajstić information content (AvgIpc) is 3.51. The van der Waals surface area contributed by atoms with Gasteiger partial charge in [-0.1, -0.05) is 71.1 Å². The highest BCUT2D eigenvalue weighted by Crippen LogP contribution is 2.35. The predicted octanol–water partition coefficient (Wildman–Crippen LogP) is -0.116. The van der Waals surface area contributed by atoms with Crippen LogP contribution in [0.15, 0.2) is 21.9 Å². The average molecular weight is 684 g/mol. The Bertz CT molecular complexity index is 1230. The highest BCUT2D eigenvalue weighted by molar-refractivity contribution is 5.76. The topological polar surface area (TPSA) is 231 Å². The normalized spacial score (nSPS) is 32.8. The molecule has 0 saturated carbocycles. The number of carbonyl (C=O) groups is 1. The minimum Gasteiger partial charge on any atom is -0.387 e. The van der Waals surface area contributed by atoms with Crippen LogP contribution in [0.5, 0.6) is 0 Å². The van der Waals surface area contributed by atoms with E-state index in [1.807, 2.05) is 0 Å². The summed E-state index contributed by atoms with van der Waals surface area (Å²) < 4.78 is 18.9. The molecule has 3 aliphatic rings. The maximum Gasteiger partial charge on any atom is 0.330 e. The van der Waals surface area contributed by atoms with Gasteiger partial charge in [0, 0.05) is 37.3 Å². The highest BCUT2D eigenvalue weighted by atomic mass is 16.7. The molecule has 0 spiro atoms. The van der Waals surface area contributed by atoms with E-state index in [1.54, 1.807) is 0 Å². The van der Waals surface area contributed by atoms with Crippen LogP contribution in [0.25, 0.3) is 0 Å². The van der Waals surface area contributed by atoms with Gasteiger partial charge in [-0.2, -0.15) is 0 Å². The molecular formula is C33H57N5O10. The summed E-state index contributed by atoms with van der Waals surface area (Å²) in [5, 5.41) is 49.6. The van der Waals surface area contributed by atoms with Crippen LogP contribution in [0.3, 0.4) is 0 Å². The smallest absolute Gasteiger partial charge is 0.330 e. The van der Waals surface area contributed by atoms with E-state index in [4.69, 9.17) is 19.9 Å². The second-order valence-electron chi connectivity index (χ2n) is 13.5. The number of ether oxygens (including phenoxy) is 3. The second kappa shape index (κ2) is 19.3. The summed E-state index contributed by atoms with van der Waals surface area (Å²) in [6.45, 7) is 2.64. The van der Waals surface area contributed by atoms with Crippen molar-refractivity contribution in [2.45, 2.75) is 164 Å². The van der Waals surface area contributed by atoms with Crippen LogP contribution in [-0.4, -0.2) is 110 Å². The molecule has 9 N–H and O–H groups in total. The third-order valence-corrected chi connectivity index (χ3v) is 9.77. The lowest BCUT2D eigenvalue weighted by Gasteiger charge is -2.39. The largest absolute Gasteiger partial charge is 0.387 e. The Morgan fingerprint density at radius 1 is 0.979 bits per heavy atom. The van der Waals surface area contributed by atoms with Crippen molar-refractivity contribution in [3.63, 3.8) is 0 Å². The van der Waals surface area contributed by atoms with E-state index in [0.29, 0.717) is 25.8 Å². The molecule has 0 radical (unpaired) electrons. The van der Waals surface area contributed by atoms with Crippen LogP contribution in [0, 0.1) is 0 Å². The fourth-order valence-electron chi connectivity index (χ4n) is 6.97. The summed E-state index contributed by atoms with van der Waals surface area (Å²) >= 11 is 0. The fourth-order valence-corrected chi connectivity index (χ4v) is 6.97. The van der Waals surface area contributed by atoms with Crippen LogP contribution in [0.1, 0.15) is 103 Å². The number of hydrogen-bond acceptors (Lipinski definition) is 12. The minimum atomic E-state index is -1.58. The summed E-state index contributed by atoms with van der Waals surface area (Å²) in [5.74, 6) is -0.0393. The number of aromatic amines is 1. The first-order valence-electron chi connectivity index (χ1n) is 17.9. The monoisotopic (exact) mass is 683 g/mol. The number of unbranched alkanes of at least 4 members (excludes halogenated alkanes) is 10. The molecule has 1 aromatic heterocycles. The molecule has 1 amide bonds. The first kappa shape index (κ1) is 38.6. The summed E-state index contributed by atoms with van der Waals surface area (Å²) in [7, 11) is 0. The van der Waals surface area contributed by atoms with E-state index < -0.39 is 72.5 Å². The van der Waals surface area contributed by atoms with Gasteiger partial charge in [0.1, 0.15) is 42.7 Å². The number of rotatable bonds is 19. The van der Waals surface area contributed by atoms with Crippen molar-refractivity contribution < 1.29 is 39.4 Å². The van der Waals surface area contributed by atoms with Gasteiger partial charge in [0.05, 0.1) is 0 Å². The van der Waals surface area contributed by atoms with Crippen LogP contribution in [-0.2, 0) is 19.0 Å². The minimum absolute atomic E-state index is 0.0393. The standard InChI is InChI=1S/C33H57N5O10/c1-2-3-4-5-6-7-8-9-10-11-12-13-23(39)36-20-14-16-35-21(18-20)29(48-32-28(44)25(41)22(19-34)46-32)30-26(42)27(43)31(47-30)38-17-15-24(40)37-33(38)45/h15,17,20-22,25-32,35,41-44H,2-14,16,18-19,34H2,1H3,(H,36,39)(H,37,40,45)/t20-,21-,22-,25-,26+,27-,28-,29+,30+,31-,32+/m1/s1. The van der Waals surface area contributed by atoms with E-state index in [1.165, 1.54) is 51.4 Å². The zero-order valence-electron chi connectivity index (χ0n) is 28.1. The molecule has 15 heteroatoms. The van der Waals surface area contributed by atoms with Crippen LogP contribution in [0.2, 0.25) is 0 Å². The lowest BCUT2D eigenvalue weighted by Crippen LogP contribution is -2.59. The van der Waals surface area contributed by atoms with Crippen molar-refractivity contribution in [3.05, 3.63) is 33.1 Å². The zero-order chi connectivity index (χ0) is 34.6.